The van der Waals surface area contributed by atoms with Gasteiger partial charge in [-0.15, -0.1) is 0 Å². The Hall–Kier alpha value is -1.85. The second kappa shape index (κ2) is 10.8. The summed E-state index contributed by atoms with van der Waals surface area (Å²) in [6.07, 6.45) is 6.67. The molecule has 0 spiro atoms. The molecule has 2 aliphatic heterocycles. The van der Waals surface area contributed by atoms with Gasteiger partial charge in [-0.2, -0.15) is 8.61 Å². The summed E-state index contributed by atoms with van der Waals surface area (Å²) < 4.78 is 62.3. The minimum atomic E-state index is -3.88. The van der Waals surface area contributed by atoms with E-state index in [1.807, 2.05) is 13.0 Å². The number of nitrogens with zero attached hydrogens (tertiary/aromatic N) is 3. The van der Waals surface area contributed by atoms with Gasteiger partial charge in [-0.05, 0) is 68.5 Å². The summed E-state index contributed by atoms with van der Waals surface area (Å²) in [4.78, 5) is 4.47. The summed E-state index contributed by atoms with van der Waals surface area (Å²) in [5, 5.41) is 0. The first kappa shape index (κ1) is 25.2. The van der Waals surface area contributed by atoms with Crippen molar-refractivity contribution in [2.75, 3.05) is 19.7 Å². The maximum absolute atomic E-state index is 13.6. The maximum Gasteiger partial charge on any atom is 0.243 e. The van der Waals surface area contributed by atoms with Crippen LogP contribution >= 0.6 is 0 Å². The first-order valence-electron chi connectivity index (χ1n) is 12.0. The molecule has 2 saturated heterocycles. The molecule has 3 heterocycles. The standard InChI is InChI=1S/C24H33N3O5S2/c1-2-21-9-4-6-16-27(21)34(30,31)24-13-11-23(12-14-24)33(28,29)26(19-22-10-7-17-32-22)18-20-8-3-5-15-25-20/h3,5,8,11-15,21-22H,2,4,6-7,9-10,16-19H2,1H3/t21-,22+/m1/s1. The molecular formula is C24H33N3O5S2. The molecular weight excluding hydrogens is 474 g/mol. The zero-order chi connectivity index (χ0) is 24.2. The molecule has 0 radical (unpaired) electrons. The Morgan fingerprint density at radius 2 is 1.76 bits per heavy atom. The summed E-state index contributed by atoms with van der Waals surface area (Å²) in [6, 6.07) is 11.0. The first-order chi connectivity index (χ1) is 16.3. The molecule has 0 bridgehead atoms. The van der Waals surface area contributed by atoms with Crippen LogP contribution in [0.5, 0.6) is 0 Å². The van der Waals surface area contributed by atoms with Crippen LogP contribution in [-0.2, 0) is 31.3 Å². The van der Waals surface area contributed by atoms with Crippen molar-refractivity contribution in [3.8, 4) is 0 Å². The van der Waals surface area contributed by atoms with Gasteiger partial charge < -0.3 is 4.74 Å². The van der Waals surface area contributed by atoms with E-state index in [4.69, 9.17) is 4.74 Å². The van der Waals surface area contributed by atoms with Gasteiger partial charge in [0.05, 0.1) is 28.1 Å². The van der Waals surface area contributed by atoms with Crippen molar-refractivity contribution < 1.29 is 21.6 Å². The molecule has 0 unspecified atom stereocenters. The average molecular weight is 508 g/mol. The molecule has 1 aromatic heterocycles. The highest BCUT2D eigenvalue weighted by molar-refractivity contribution is 7.89. The summed E-state index contributed by atoms with van der Waals surface area (Å²) >= 11 is 0. The maximum atomic E-state index is 13.6. The number of aromatic nitrogens is 1. The highest BCUT2D eigenvalue weighted by atomic mass is 32.2. The number of benzene rings is 1. The van der Waals surface area contributed by atoms with E-state index < -0.39 is 20.0 Å². The molecule has 4 rings (SSSR count). The van der Waals surface area contributed by atoms with Crippen molar-refractivity contribution in [2.45, 2.75) is 73.9 Å². The Morgan fingerprint density at radius 1 is 1.00 bits per heavy atom. The Labute approximate surface area is 203 Å². The van der Waals surface area contributed by atoms with Gasteiger partial charge >= 0.3 is 0 Å². The van der Waals surface area contributed by atoms with E-state index in [-0.39, 0.29) is 35.0 Å². The van der Waals surface area contributed by atoms with Crippen molar-refractivity contribution in [1.29, 1.82) is 0 Å². The van der Waals surface area contributed by atoms with Gasteiger partial charge in [0.15, 0.2) is 0 Å². The lowest BCUT2D eigenvalue weighted by Gasteiger charge is -2.34. The van der Waals surface area contributed by atoms with Crippen LogP contribution in [0.1, 0.15) is 51.1 Å². The van der Waals surface area contributed by atoms with Gasteiger partial charge in [-0.3, -0.25) is 4.98 Å². The summed E-state index contributed by atoms with van der Waals surface area (Å²) in [6.45, 7) is 3.47. The fourth-order valence-electron chi connectivity index (χ4n) is 4.70. The first-order valence-corrected chi connectivity index (χ1v) is 14.8. The summed E-state index contributed by atoms with van der Waals surface area (Å²) in [5.41, 5.74) is 0.638. The number of hydrogen-bond acceptors (Lipinski definition) is 6. The third-order valence-electron chi connectivity index (χ3n) is 6.61. The van der Waals surface area contributed by atoms with Crippen LogP contribution in [0.4, 0.5) is 0 Å². The van der Waals surface area contributed by atoms with Crippen LogP contribution in [0.3, 0.4) is 0 Å². The smallest absolute Gasteiger partial charge is 0.243 e. The van der Waals surface area contributed by atoms with Crippen LogP contribution in [0.15, 0.2) is 58.5 Å². The Kier molecular flexibility index (Phi) is 8.04. The molecule has 0 saturated carbocycles. The van der Waals surface area contributed by atoms with Crippen molar-refractivity contribution in [1.82, 2.24) is 13.6 Å². The number of ether oxygens (including phenoxy) is 1. The molecule has 2 atom stereocenters. The Bertz CT molecular complexity index is 1150. The molecule has 10 heteroatoms. The van der Waals surface area contributed by atoms with Crippen LogP contribution in [0, 0.1) is 0 Å². The molecule has 34 heavy (non-hydrogen) atoms. The number of piperidine rings is 1. The van der Waals surface area contributed by atoms with Gasteiger partial charge in [-0.25, -0.2) is 16.8 Å². The third kappa shape index (κ3) is 5.52. The van der Waals surface area contributed by atoms with Crippen LogP contribution in [0.25, 0.3) is 0 Å². The van der Waals surface area contributed by atoms with E-state index in [2.05, 4.69) is 4.98 Å². The lowest BCUT2D eigenvalue weighted by molar-refractivity contribution is 0.0924. The van der Waals surface area contributed by atoms with Crippen molar-refractivity contribution in [2.24, 2.45) is 0 Å². The lowest BCUT2D eigenvalue weighted by atomic mass is 10.0. The molecule has 0 amide bonds. The van der Waals surface area contributed by atoms with Crippen molar-refractivity contribution in [3.63, 3.8) is 0 Å². The van der Waals surface area contributed by atoms with Gasteiger partial charge in [0.2, 0.25) is 20.0 Å². The molecule has 186 valence electrons. The van der Waals surface area contributed by atoms with Gasteiger partial charge in [0.25, 0.3) is 0 Å². The zero-order valence-corrected chi connectivity index (χ0v) is 21.2. The van der Waals surface area contributed by atoms with E-state index in [1.165, 1.54) is 28.6 Å². The fourth-order valence-corrected chi connectivity index (χ4v) is 7.91. The number of hydrogen-bond donors (Lipinski definition) is 0. The predicted molar refractivity (Wildman–Crippen MR) is 129 cm³/mol. The molecule has 2 aromatic rings. The van der Waals surface area contributed by atoms with E-state index in [0.29, 0.717) is 18.8 Å². The average Bonchev–Trinajstić information content (AvgIpc) is 3.37. The zero-order valence-electron chi connectivity index (χ0n) is 19.5. The van der Waals surface area contributed by atoms with Crippen LogP contribution in [-0.4, -0.2) is 62.3 Å². The second-order valence-corrected chi connectivity index (χ2v) is 12.7. The predicted octanol–water partition coefficient (Wildman–Crippen LogP) is 3.40. The number of rotatable bonds is 9. The molecule has 8 nitrogen and oxygen atoms in total. The van der Waals surface area contributed by atoms with E-state index in [0.717, 1.165) is 38.5 Å². The Morgan fingerprint density at radius 3 is 2.41 bits per heavy atom. The van der Waals surface area contributed by atoms with E-state index in [9.17, 15) is 16.8 Å². The number of pyridine rings is 1. The fraction of sp³-hybridized carbons (Fsp3) is 0.542. The van der Waals surface area contributed by atoms with Crippen LogP contribution in [0.2, 0.25) is 0 Å². The molecule has 0 aliphatic carbocycles. The third-order valence-corrected chi connectivity index (χ3v) is 10.4. The summed E-state index contributed by atoms with van der Waals surface area (Å²) in [5.74, 6) is 0. The van der Waals surface area contributed by atoms with E-state index in [1.54, 1.807) is 22.6 Å². The Balaban J connectivity index is 1.59. The second-order valence-electron chi connectivity index (χ2n) is 8.90. The SMILES string of the molecule is CC[C@@H]1CCCCN1S(=O)(=O)c1ccc(S(=O)(=O)N(Cc2ccccn2)C[C@@H]2CCCO2)cc1. The molecule has 2 aliphatic rings. The quantitative estimate of drug-likeness (QED) is 0.516. The van der Waals surface area contributed by atoms with Crippen molar-refractivity contribution >= 4 is 20.0 Å². The lowest BCUT2D eigenvalue weighted by Crippen LogP contribution is -2.43. The van der Waals surface area contributed by atoms with Gasteiger partial charge in [0, 0.05) is 31.9 Å². The summed E-state index contributed by atoms with van der Waals surface area (Å²) in [7, 11) is -7.56. The molecule has 0 N–H and O–H groups in total. The van der Waals surface area contributed by atoms with Gasteiger partial charge in [0.1, 0.15) is 0 Å². The number of sulfonamides is 2. The van der Waals surface area contributed by atoms with Crippen LogP contribution < -0.4 is 0 Å². The molecule has 2 fully saturated rings. The highest BCUT2D eigenvalue weighted by Crippen LogP contribution is 2.28. The minimum Gasteiger partial charge on any atom is -0.377 e. The molecule has 1 aromatic carbocycles. The highest BCUT2D eigenvalue weighted by Gasteiger charge is 2.34. The normalized spacial score (nSPS) is 22.3. The van der Waals surface area contributed by atoms with E-state index >= 15 is 0 Å². The monoisotopic (exact) mass is 507 g/mol. The topological polar surface area (TPSA) is 96.9 Å². The van der Waals surface area contributed by atoms with Crippen molar-refractivity contribution in [3.05, 3.63) is 54.4 Å². The van der Waals surface area contributed by atoms with Gasteiger partial charge in [-0.1, -0.05) is 19.4 Å². The largest absolute Gasteiger partial charge is 0.377 e. The minimum absolute atomic E-state index is 0.0116.